The highest BCUT2D eigenvalue weighted by Gasteiger charge is 2.08. The van der Waals surface area contributed by atoms with E-state index in [-0.39, 0.29) is 17.9 Å². The molecule has 2 aromatic heterocycles. The fourth-order valence-electron chi connectivity index (χ4n) is 1.16. The van der Waals surface area contributed by atoms with Gasteiger partial charge in [-0.2, -0.15) is 15.0 Å². The molecule has 0 saturated heterocycles. The highest BCUT2D eigenvalue weighted by molar-refractivity contribution is 6.28. The minimum Gasteiger partial charge on any atom is -0.394 e. The Kier molecular flexibility index (Phi) is 3.50. The zero-order chi connectivity index (χ0) is 12.3. The third-order valence-electron chi connectivity index (χ3n) is 1.98. The van der Waals surface area contributed by atoms with Crippen LogP contribution in [-0.2, 0) is 0 Å². The van der Waals surface area contributed by atoms with Crippen LogP contribution in [0.1, 0.15) is 6.92 Å². The highest BCUT2D eigenvalue weighted by Crippen LogP contribution is 2.10. The van der Waals surface area contributed by atoms with E-state index in [1.165, 1.54) is 0 Å². The van der Waals surface area contributed by atoms with Crippen LogP contribution in [0.4, 0.5) is 5.95 Å². The monoisotopic (exact) mass is 254 g/mol. The molecule has 0 amide bonds. The summed E-state index contributed by atoms with van der Waals surface area (Å²) in [5, 5.41) is 11.9. The summed E-state index contributed by atoms with van der Waals surface area (Å²) in [6.07, 6.45) is 4.87. The van der Waals surface area contributed by atoms with E-state index in [1.54, 1.807) is 30.2 Å². The van der Waals surface area contributed by atoms with Gasteiger partial charge in [-0.1, -0.05) is 0 Å². The van der Waals surface area contributed by atoms with E-state index in [0.29, 0.717) is 11.9 Å². The number of halogens is 1. The van der Waals surface area contributed by atoms with Crippen molar-refractivity contribution in [2.24, 2.45) is 0 Å². The first-order valence-corrected chi connectivity index (χ1v) is 5.34. The van der Waals surface area contributed by atoms with Crippen LogP contribution < -0.4 is 5.32 Å². The van der Waals surface area contributed by atoms with E-state index in [4.69, 9.17) is 16.7 Å². The van der Waals surface area contributed by atoms with Gasteiger partial charge in [0.2, 0.25) is 17.2 Å². The Morgan fingerprint density at radius 2 is 2.29 bits per heavy atom. The minimum absolute atomic E-state index is 0.0241. The van der Waals surface area contributed by atoms with Gasteiger partial charge in [0.25, 0.3) is 0 Å². The Morgan fingerprint density at radius 3 is 2.94 bits per heavy atom. The maximum absolute atomic E-state index is 8.94. The summed E-state index contributed by atoms with van der Waals surface area (Å²) in [6.45, 7) is 1.78. The molecule has 8 heteroatoms. The Hall–Kier alpha value is -1.73. The second kappa shape index (κ2) is 5.07. The average molecular weight is 255 g/mol. The number of nitrogens with zero attached hydrogens (tertiary/aromatic N) is 5. The SMILES string of the molecule is CC(CO)Nc1nc(Cl)nc(-n2ccnc2)n1. The van der Waals surface area contributed by atoms with E-state index in [1.807, 2.05) is 0 Å². The molecular formula is C9H11ClN6O. The summed E-state index contributed by atoms with van der Waals surface area (Å²) in [5.74, 6) is 0.686. The molecule has 0 fully saturated rings. The number of hydrogen-bond acceptors (Lipinski definition) is 6. The van der Waals surface area contributed by atoms with Gasteiger partial charge in [-0.05, 0) is 18.5 Å². The zero-order valence-electron chi connectivity index (χ0n) is 9.08. The number of aliphatic hydroxyl groups excluding tert-OH is 1. The summed E-state index contributed by atoms with van der Waals surface area (Å²) in [4.78, 5) is 15.9. The van der Waals surface area contributed by atoms with Crippen molar-refractivity contribution in [2.75, 3.05) is 11.9 Å². The van der Waals surface area contributed by atoms with Gasteiger partial charge >= 0.3 is 0 Å². The first-order chi connectivity index (χ1) is 8.19. The summed E-state index contributed by atoms with van der Waals surface area (Å²) < 4.78 is 1.61. The van der Waals surface area contributed by atoms with Crippen LogP contribution in [0.2, 0.25) is 5.28 Å². The molecule has 1 atom stereocenters. The summed E-state index contributed by atoms with van der Waals surface area (Å²) in [5.41, 5.74) is 0. The predicted octanol–water partition coefficient (Wildman–Crippen LogP) is 0.503. The lowest BCUT2D eigenvalue weighted by molar-refractivity contribution is 0.281. The lowest BCUT2D eigenvalue weighted by Crippen LogP contribution is -2.21. The third kappa shape index (κ3) is 2.89. The van der Waals surface area contributed by atoms with Crippen LogP contribution >= 0.6 is 11.6 Å². The lowest BCUT2D eigenvalue weighted by atomic mass is 10.4. The van der Waals surface area contributed by atoms with Crippen LogP contribution in [0.3, 0.4) is 0 Å². The van der Waals surface area contributed by atoms with Gasteiger partial charge in [0.15, 0.2) is 0 Å². The first kappa shape index (κ1) is 11.7. The fraction of sp³-hybridized carbons (Fsp3) is 0.333. The topological polar surface area (TPSA) is 88.8 Å². The van der Waals surface area contributed by atoms with Crippen LogP contribution in [-0.4, -0.2) is 42.3 Å². The van der Waals surface area contributed by atoms with Crippen LogP contribution in [0, 0.1) is 0 Å². The molecule has 2 N–H and O–H groups in total. The third-order valence-corrected chi connectivity index (χ3v) is 2.15. The number of aliphatic hydroxyl groups is 1. The predicted molar refractivity (Wildman–Crippen MR) is 62.1 cm³/mol. The summed E-state index contributed by atoms with van der Waals surface area (Å²) >= 11 is 5.80. The fourth-order valence-corrected chi connectivity index (χ4v) is 1.32. The molecule has 0 aliphatic rings. The summed E-state index contributed by atoms with van der Waals surface area (Å²) in [7, 11) is 0. The molecule has 0 aliphatic carbocycles. The number of imidazole rings is 1. The molecule has 2 aromatic rings. The molecule has 0 aliphatic heterocycles. The molecule has 1 unspecified atom stereocenters. The van der Waals surface area contributed by atoms with E-state index in [2.05, 4.69) is 25.3 Å². The molecule has 2 rings (SSSR count). The standard InChI is InChI=1S/C9H11ClN6O/c1-6(4-17)12-8-13-7(10)14-9(15-8)16-3-2-11-5-16/h2-3,5-6,17H,4H2,1H3,(H,12,13,14,15). The Labute approximate surface area is 103 Å². The largest absolute Gasteiger partial charge is 0.394 e. The smallest absolute Gasteiger partial charge is 0.241 e. The molecule has 0 radical (unpaired) electrons. The van der Waals surface area contributed by atoms with Crippen molar-refractivity contribution in [3.63, 3.8) is 0 Å². The normalized spacial score (nSPS) is 12.4. The molecule has 7 nitrogen and oxygen atoms in total. The van der Waals surface area contributed by atoms with Crippen molar-refractivity contribution in [3.05, 3.63) is 24.0 Å². The molecule has 0 saturated carbocycles. The zero-order valence-corrected chi connectivity index (χ0v) is 9.83. The van der Waals surface area contributed by atoms with Crippen molar-refractivity contribution < 1.29 is 5.11 Å². The molecule has 2 heterocycles. The van der Waals surface area contributed by atoms with Crippen molar-refractivity contribution >= 4 is 17.5 Å². The minimum atomic E-state index is -0.163. The Morgan fingerprint density at radius 1 is 1.47 bits per heavy atom. The maximum Gasteiger partial charge on any atom is 0.241 e. The van der Waals surface area contributed by atoms with E-state index < -0.39 is 0 Å². The molecule has 90 valence electrons. The van der Waals surface area contributed by atoms with Gasteiger partial charge in [0.1, 0.15) is 6.33 Å². The number of nitrogens with one attached hydrogen (secondary N) is 1. The Bertz CT molecular complexity index is 488. The molecule has 17 heavy (non-hydrogen) atoms. The molecule has 0 bridgehead atoms. The number of hydrogen-bond donors (Lipinski definition) is 2. The van der Waals surface area contributed by atoms with Gasteiger partial charge in [-0.3, -0.25) is 4.57 Å². The highest BCUT2D eigenvalue weighted by atomic mass is 35.5. The van der Waals surface area contributed by atoms with Crippen molar-refractivity contribution in [3.8, 4) is 5.95 Å². The Balaban J connectivity index is 2.30. The number of anilines is 1. The van der Waals surface area contributed by atoms with Crippen molar-refractivity contribution in [2.45, 2.75) is 13.0 Å². The average Bonchev–Trinajstić information content (AvgIpc) is 2.81. The molecular weight excluding hydrogens is 244 g/mol. The van der Waals surface area contributed by atoms with Gasteiger partial charge in [0, 0.05) is 18.4 Å². The molecule has 0 spiro atoms. The number of aromatic nitrogens is 5. The van der Waals surface area contributed by atoms with E-state index in [9.17, 15) is 0 Å². The maximum atomic E-state index is 8.94. The van der Waals surface area contributed by atoms with Crippen LogP contribution in [0.5, 0.6) is 0 Å². The summed E-state index contributed by atoms with van der Waals surface area (Å²) in [6, 6.07) is -0.163. The molecule has 0 aromatic carbocycles. The van der Waals surface area contributed by atoms with Crippen LogP contribution in [0.25, 0.3) is 5.95 Å². The van der Waals surface area contributed by atoms with E-state index in [0.717, 1.165) is 0 Å². The van der Waals surface area contributed by atoms with Gasteiger partial charge in [0.05, 0.1) is 6.61 Å². The van der Waals surface area contributed by atoms with Crippen LogP contribution in [0.15, 0.2) is 18.7 Å². The van der Waals surface area contributed by atoms with Crippen molar-refractivity contribution in [1.82, 2.24) is 24.5 Å². The van der Waals surface area contributed by atoms with Gasteiger partial charge in [-0.15, -0.1) is 0 Å². The number of rotatable bonds is 4. The van der Waals surface area contributed by atoms with E-state index >= 15 is 0 Å². The lowest BCUT2D eigenvalue weighted by Gasteiger charge is -2.11. The van der Waals surface area contributed by atoms with Gasteiger partial charge in [-0.25, -0.2) is 4.98 Å². The first-order valence-electron chi connectivity index (χ1n) is 4.96. The van der Waals surface area contributed by atoms with Crippen molar-refractivity contribution in [1.29, 1.82) is 0 Å². The second-order valence-corrected chi connectivity index (χ2v) is 3.76. The quantitative estimate of drug-likeness (QED) is 0.826. The second-order valence-electron chi connectivity index (χ2n) is 3.43. The van der Waals surface area contributed by atoms with Gasteiger partial charge < -0.3 is 10.4 Å².